The predicted octanol–water partition coefficient (Wildman–Crippen LogP) is 3.64. The minimum absolute atomic E-state index is 0.198. The topological polar surface area (TPSA) is 78.9 Å². The molecule has 4 aromatic rings. The average Bonchev–Trinajstić information content (AvgIpc) is 2.60. The van der Waals surface area contributed by atoms with E-state index in [2.05, 4.69) is 10.1 Å². The van der Waals surface area contributed by atoms with Gasteiger partial charge in [0, 0.05) is 23.0 Å². The number of aromatic nitrogens is 1. The minimum Gasteiger partial charge on any atom is -0.508 e. The number of hydrogen-bond donors (Lipinski definition) is 2. The van der Waals surface area contributed by atoms with E-state index in [-0.39, 0.29) is 5.75 Å². The summed E-state index contributed by atoms with van der Waals surface area (Å²) < 4.78 is 5.88. The Kier molecular flexibility index (Phi) is 2.98. The molecule has 0 saturated heterocycles. The zero-order chi connectivity index (χ0) is 15.8. The molecule has 0 amide bonds. The van der Waals surface area contributed by atoms with Crippen LogP contribution in [0.5, 0.6) is 5.75 Å². The van der Waals surface area contributed by atoms with Crippen LogP contribution in [0.4, 0.5) is 0 Å². The Labute approximate surface area is 130 Å². The minimum atomic E-state index is 0.198. The molecular formula is C18H12N2O3. The summed E-state index contributed by atoms with van der Waals surface area (Å²) in [5.74, 6) is 0.704. The molecule has 0 unspecified atom stereocenters. The van der Waals surface area contributed by atoms with Crippen LogP contribution in [0.1, 0.15) is 0 Å². The van der Waals surface area contributed by atoms with Crippen molar-refractivity contribution in [1.82, 2.24) is 4.98 Å². The Balaban J connectivity index is 1.97. The van der Waals surface area contributed by atoms with E-state index in [1.165, 1.54) is 0 Å². The van der Waals surface area contributed by atoms with Crippen molar-refractivity contribution in [3.05, 3.63) is 66.2 Å². The smallest absolute Gasteiger partial charge is 0.155 e. The molecule has 23 heavy (non-hydrogen) atoms. The predicted molar refractivity (Wildman–Crippen MR) is 86.0 cm³/mol. The number of fused-ring (bicyclic) bond motifs is 2. The highest BCUT2D eigenvalue weighted by Gasteiger charge is 2.08. The van der Waals surface area contributed by atoms with Crippen LogP contribution in [-0.4, -0.2) is 15.3 Å². The molecule has 0 spiro atoms. The van der Waals surface area contributed by atoms with Gasteiger partial charge in [-0.25, -0.2) is 0 Å². The third-order valence-corrected chi connectivity index (χ3v) is 3.72. The molecule has 0 saturated carbocycles. The zero-order valence-electron chi connectivity index (χ0n) is 12.0. The molecule has 5 heteroatoms. The van der Waals surface area contributed by atoms with Crippen LogP contribution in [0.3, 0.4) is 0 Å². The quantitative estimate of drug-likeness (QED) is 0.415. The van der Waals surface area contributed by atoms with Crippen LogP contribution in [0, 0.1) is 0 Å². The summed E-state index contributed by atoms with van der Waals surface area (Å²) in [7, 11) is 0. The maximum absolute atomic E-state index is 9.52. The fourth-order valence-electron chi connectivity index (χ4n) is 2.59. The average molecular weight is 304 g/mol. The van der Waals surface area contributed by atoms with Gasteiger partial charge < -0.3 is 14.7 Å². The van der Waals surface area contributed by atoms with Gasteiger partial charge in [0.1, 0.15) is 22.4 Å². The lowest BCUT2D eigenvalue weighted by Crippen LogP contribution is -2.03. The van der Waals surface area contributed by atoms with E-state index in [4.69, 9.17) is 4.42 Å². The normalized spacial score (nSPS) is 12.1. The number of phenols is 1. The van der Waals surface area contributed by atoms with Gasteiger partial charge >= 0.3 is 0 Å². The number of para-hydroxylation sites is 1. The molecule has 112 valence electrons. The Morgan fingerprint density at radius 1 is 0.957 bits per heavy atom. The highest BCUT2D eigenvalue weighted by Crippen LogP contribution is 2.25. The standard InChI is InChI=1S/C18H12N2O3/c21-13-6-5-11-8-16(19-10-12(11)7-13)18-9-15(20-22)14-3-1-2-4-17(14)23-18/h1-10,21-22H/b20-15+. The van der Waals surface area contributed by atoms with Crippen molar-refractivity contribution >= 4 is 21.7 Å². The fourth-order valence-corrected chi connectivity index (χ4v) is 2.59. The first-order valence-electron chi connectivity index (χ1n) is 7.05. The molecule has 0 atom stereocenters. The van der Waals surface area contributed by atoms with Crippen LogP contribution in [0.15, 0.2) is 70.4 Å². The number of rotatable bonds is 1. The van der Waals surface area contributed by atoms with Crippen molar-refractivity contribution in [3.8, 4) is 17.2 Å². The Bertz CT molecular complexity index is 1100. The first-order chi connectivity index (χ1) is 11.2. The third kappa shape index (κ3) is 2.28. The Morgan fingerprint density at radius 2 is 1.83 bits per heavy atom. The maximum atomic E-state index is 9.52. The lowest BCUT2D eigenvalue weighted by Gasteiger charge is -2.05. The molecule has 0 radical (unpaired) electrons. The van der Waals surface area contributed by atoms with Crippen molar-refractivity contribution in [2.75, 3.05) is 0 Å². The lowest BCUT2D eigenvalue weighted by atomic mass is 10.1. The summed E-state index contributed by atoms with van der Waals surface area (Å²) in [4.78, 5) is 4.37. The molecular weight excluding hydrogens is 292 g/mol. The highest BCUT2D eigenvalue weighted by molar-refractivity contribution is 5.86. The number of pyridine rings is 1. The van der Waals surface area contributed by atoms with Crippen molar-refractivity contribution in [1.29, 1.82) is 0 Å². The van der Waals surface area contributed by atoms with Gasteiger partial charge in [0.25, 0.3) is 0 Å². The number of phenolic OH excluding ortho intramolecular Hbond substituents is 1. The third-order valence-electron chi connectivity index (χ3n) is 3.72. The summed E-state index contributed by atoms with van der Waals surface area (Å²) in [6.07, 6.45) is 1.67. The second-order valence-corrected chi connectivity index (χ2v) is 5.19. The van der Waals surface area contributed by atoms with Gasteiger partial charge in [0.2, 0.25) is 0 Å². The molecule has 2 heterocycles. The van der Waals surface area contributed by atoms with E-state index in [9.17, 15) is 10.3 Å². The molecule has 4 rings (SSSR count). The molecule has 2 aromatic heterocycles. The molecule has 0 aliphatic carbocycles. The van der Waals surface area contributed by atoms with Gasteiger partial charge in [-0.3, -0.25) is 4.98 Å². The van der Waals surface area contributed by atoms with E-state index in [0.717, 1.165) is 16.2 Å². The van der Waals surface area contributed by atoms with Gasteiger partial charge in [-0.15, -0.1) is 0 Å². The lowest BCUT2D eigenvalue weighted by molar-refractivity contribution is 0.302. The Hall–Kier alpha value is -3.34. The van der Waals surface area contributed by atoms with E-state index in [1.54, 1.807) is 24.4 Å². The number of nitrogens with zero attached hydrogens (tertiary/aromatic N) is 2. The van der Waals surface area contributed by atoms with Gasteiger partial charge in [0.05, 0.1) is 0 Å². The fraction of sp³-hybridized carbons (Fsp3) is 0. The van der Waals surface area contributed by atoms with E-state index in [0.29, 0.717) is 22.4 Å². The number of hydrogen-bond acceptors (Lipinski definition) is 5. The molecule has 0 aliphatic rings. The van der Waals surface area contributed by atoms with Crippen molar-refractivity contribution in [2.24, 2.45) is 5.16 Å². The van der Waals surface area contributed by atoms with Crippen LogP contribution < -0.4 is 5.36 Å². The summed E-state index contributed by atoms with van der Waals surface area (Å²) >= 11 is 0. The van der Waals surface area contributed by atoms with Gasteiger partial charge in [-0.2, -0.15) is 0 Å². The first kappa shape index (κ1) is 13.3. The SMILES string of the molecule is O/N=c1\cc(-c2cc3ccc(O)cc3cn2)oc2ccccc12. The van der Waals surface area contributed by atoms with Gasteiger partial charge in [-0.1, -0.05) is 23.4 Å². The summed E-state index contributed by atoms with van der Waals surface area (Å²) in [5.41, 5.74) is 1.24. The number of benzene rings is 2. The molecule has 2 N–H and O–H groups in total. The van der Waals surface area contributed by atoms with Crippen molar-refractivity contribution < 1.29 is 14.7 Å². The van der Waals surface area contributed by atoms with Crippen LogP contribution in [0.25, 0.3) is 33.2 Å². The summed E-state index contributed by atoms with van der Waals surface area (Å²) in [5, 5.41) is 25.0. The second kappa shape index (κ2) is 5.14. The second-order valence-electron chi connectivity index (χ2n) is 5.19. The maximum Gasteiger partial charge on any atom is 0.155 e. The highest BCUT2D eigenvalue weighted by atomic mass is 16.4. The molecule has 0 bridgehead atoms. The van der Waals surface area contributed by atoms with Gasteiger partial charge in [0.15, 0.2) is 5.76 Å². The van der Waals surface area contributed by atoms with E-state index < -0.39 is 0 Å². The molecule has 0 aliphatic heterocycles. The summed E-state index contributed by atoms with van der Waals surface area (Å²) in [6.45, 7) is 0. The molecule has 2 aromatic carbocycles. The van der Waals surface area contributed by atoms with Crippen LogP contribution in [-0.2, 0) is 0 Å². The van der Waals surface area contributed by atoms with Crippen molar-refractivity contribution in [2.45, 2.75) is 0 Å². The van der Waals surface area contributed by atoms with Crippen LogP contribution in [0.2, 0.25) is 0 Å². The first-order valence-corrected chi connectivity index (χ1v) is 7.05. The van der Waals surface area contributed by atoms with E-state index in [1.807, 2.05) is 36.4 Å². The van der Waals surface area contributed by atoms with Crippen LogP contribution >= 0.6 is 0 Å². The van der Waals surface area contributed by atoms with Gasteiger partial charge in [-0.05, 0) is 35.7 Å². The van der Waals surface area contributed by atoms with Crippen molar-refractivity contribution in [3.63, 3.8) is 0 Å². The Morgan fingerprint density at radius 3 is 2.70 bits per heavy atom. The zero-order valence-corrected chi connectivity index (χ0v) is 12.0. The van der Waals surface area contributed by atoms with E-state index >= 15 is 0 Å². The summed E-state index contributed by atoms with van der Waals surface area (Å²) in [6, 6.07) is 16.0. The monoisotopic (exact) mass is 304 g/mol. The largest absolute Gasteiger partial charge is 0.508 e. The molecule has 0 fully saturated rings. The molecule has 5 nitrogen and oxygen atoms in total. The number of aromatic hydroxyl groups is 1.